The molecule has 0 heterocycles. The molecule has 25 heavy (non-hydrogen) atoms. The summed E-state index contributed by atoms with van der Waals surface area (Å²) in [5, 5.41) is 11.0. The van der Waals surface area contributed by atoms with Crippen LogP contribution in [0.4, 0.5) is 5.69 Å². The minimum Gasteiger partial charge on any atom is -0.477 e. The number of nitrogens with zero attached hydrogens (tertiary/aromatic N) is 1. The zero-order valence-corrected chi connectivity index (χ0v) is 14.7. The third kappa shape index (κ3) is 5.01. The maximum Gasteiger partial charge on any atom is 0.311 e. The Balaban J connectivity index is 1.90. The molecule has 0 aromatic heterocycles. The molecule has 2 amide bonds. The summed E-state index contributed by atoms with van der Waals surface area (Å²) in [6.45, 7) is 1.22. The molecule has 0 aliphatic heterocycles. The molecule has 9 heteroatoms. The van der Waals surface area contributed by atoms with Crippen LogP contribution in [-0.4, -0.2) is 23.3 Å². The van der Waals surface area contributed by atoms with E-state index in [-0.39, 0.29) is 11.4 Å². The molecule has 0 atom stereocenters. The van der Waals surface area contributed by atoms with E-state index in [1.165, 1.54) is 12.1 Å². The molecule has 130 valence electrons. The molecule has 0 saturated heterocycles. The predicted molar refractivity (Wildman–Crippen MR) is 93.1 cm³/mol. The third-order valence-electron chi connectivity index (χ3n) is 3.10. The fourth-order valence-electron chi connectivity index (χ4n) is 1.91. The van der Waals surface area contributed by atoms with Crippen molar-refractivity contribution in [2.24, 2.45) is 0 Å². The molecule has 0 aliphatic carbocycles. The minimum atomic E-state index is -0.657. The van der Waals surface area contributed by atoms with Gasteiger partial charge in [0.2, 0.25) is 0 Å². The van der Waals surface area contributed by atoms with Crippen LogP contribution < -0.4 is 15.6 Å². The second kappa shape index (κ2) is 8.25. The van der Waals surface area contributed by atoms with E-state index in [4.69, 9.17) is 4.74 Å². The summed E-state index contributed by atoms with van der Waals surface area (Å²) >= 11 is 3.23. The maximum atomic E-state index is 11.9. The number of hydrazine groups is 1. The van der Waals surface area contributed by atoms with E-state index in [1.807, 2.05) is 0 Å². The first-order valence-electron chi connectivity index (χ1n) is 7.10. The Morgan fingerprint density at radius 3 is 2.60 bits per heavy atom. The number of carbonyl (C=O) groups excluding carboxylic acids is 2. The monoisotopic (exact) mass is 407 g/mol. The van der Waals surface area contributed by atoms with E-state index in [2.05, 4.69) is 26.8 Å². The van der Waals surface area contributed by atoms with Crippen LogP contribution in [0, 0.1) is 17.0 Å². The molecule has 0 saturated carbocycles. The van der Waals surface area contributed by atoms with E-state index in [0.717, 1.165) is 0 Å². The van der Waals surface area contributed by atoms with Gasteiger partial charge in [-0.2, -0.15) is 0 Å². The number of nitrogens with one attached hydrogen (secondary N) is 2. The molecule has 0 fully saturated rings. The van der Waals surface area contributed by atoms with Crippen LogP contribution in [0.3, 0.4) is 0 Å². The van der Waals surface area contributed by atoms with Crippen molar-refractivity contribution in [3.8, 4) is 5.75 Å². The Morgan fingerprint density at radius 2 is 1.92 bits per heavy atom. The molecule has 0 spiro atoms. The normalized spacial score (nSPS) is 10.0. The molecule has 2 aromatic rings. The fraction of sp³-hybridized carbons (Fsp3) is 0.125. The number of carbonyl (C=O) groups is 2. The predicted octanol–water partition coefficient (Wildman–Crippen LogP) is 2.51. The van der Waals surface area contributed by atoms with Crippen molar-refractivity contribution in [3.63, 3.8) is 0 Å². The van der Waals surface area contributed by atoms with E-state index >= 15 is 0 Å². The number of ether oxygens (including phenoxy) is 1. The van der Waals surface area contributed by atoms with Gasteiger partial charge in [-0.05, 0) is 46.6 Å². The lowest BCUT2D eigenvalue weighted by molar-refractivity contribution is -0.385. The average molecular weight is 408 g/mol. The molecule has 2 aromatic carbocycles. The van der Waals surface area contributed by atoms with Gasteiger partial charge in [-0.3, -0.25) is 30.6 Å². The van der Waals surface area contributed by atoms with Crippen LogP contribution in [0.1, 0.15) is 15.9 Å². The molecule has 0 unspecified atom stereocenters. The highest BCUT2D eigenvalue weighted by Crippen LogP contribution is 2.27. The highest BCUT2D eigenvalue weighted by molar-refractivity contribution is 9.10. The van der Waals surface area contributed by atoms with Crippen molar-refractivity contribution in [1.82, 2.24) is 10.9 Å². The maximum absolute atomic E-state index is 11.9. The van der Waals surface area contributed by atoms with Gasteiger partial charge in [0, 0.05) is 10.5 Å². The van der Waals surface area contributed by atoms with Crippen molar-refractivity contribution < 1.29 is 19.2 Å². The molecule has 0 aliphatic rings. The number of benzene rings is 2. The van der Waals surface area contributed by atoms with Gasteiger partial charge in [-0.15, -0.1) is 0 Å². The van der Waals surface area contributed by atoms with Gasteiger partial charge in [0.1, 0.15) is 0 Å². The van der Waals surface area contributed by atoms with Crippen molar-refractivity contribution in [1.29, 1.82) is 0 Å². The second-order valence-corrected chi connectivity index (χ2v) is 5.85. The molecule has 8 nitrogen and oxygen atoms in total. The Kier molecular flexibility index (Phi) is 6.07. The van der Waals surface area contributed by atoms with E-state index in [1.54, 1.807) is 37.3 Å². The summed E-state index contributed by atoms with van der Waals surface area (Å²) in [5.74, 6) is -1.19. The number of amides is 2. The largest absolute Gasteiger partial charge is 0.477 e. The highest BCUT2D eigenvalue weighted by Gasteiger charge is 2.16. The number of rotatable bonds is 5. The van der Waals surface area contributed by atoms with Crippen LogP contribution in [0.25, 0.3) is 0 Å². The first kappa shape index (κ1) is 18.4. The van der Waals surface area contributed by atoms with Crippen molar-refractivity contribution in [2.75, 3.05) is 6.61 Å². The van der Waals surface area contributed by atoms with Crippen LogP contribution >= 0.6 is 15.9 Å². The molecule has 2 N–H and O–H groups in total. The van der Waals surface area contributed by atoms with Gasteiger partial charge in [0.05, 0.1) is 10.5 Å². The lowest BCUT2D eigenvalue weighted by Crippen LogP contribution is -2.43. The van der Waals surface area contributed by atoms with E-state index < -0.39 is 23.3 Å². The zero-order valence-electron chi connectivity index (χ0n) is 13.1. The number of halogens is 1. The topological polar surface area (TPSA) is 111 Å². The molecular formula is C16H14BrN3O5. The standard InChI is InChI=1S/C16H14BrN3O5/c1-10-6-7-14(13(8-10)20(23)24)25-9-15(21)18-19-16(22)11-4-2-3-5-12(11)17/h2-8H,9H2,1H3,(H,18,21)(H,19,22). The lowest BCUT2D eigenvalue weighted by atomic mass is 10.2. The molecular weight excluding hydrogens is 394 g/mol. The summed E-state index contributed by atoms with van der Waals surface area (Å²) in [6.07, 6.45) is 0. The lowest BCUT2D eigenvalue weighted by Gasteiger charge is -2.10. The summed E-state index contributed by atoms with van der Waals surface area (Å²) in [4.78, 5) is 34.1. The SMILES string of the molecule is Cc1ccc(OCC(=O)NNC(=O)c2ccccc2Br)c([N+](=O)[O-])c1. The Labute approximate surface area is 151 Å². The summed E-state index contributed by atoms with van der Waals surface area (Å²) in [6, 6.07) is 11.1. The Morgan fingerprint density at radius 1 is 1.20 bits per heavy atom. The van der Waals surface area contributed by atoms with Crippen LogP contribution in [-0.2, 0) is 4.79 Å². The van der Waals surface area contributed by atoms with Crippen LogP contribution in [0.2, 0.25) is 0 Å². The van der Waals surface area contributed by atoms with Gasteiger partial charge >= 0.3 is 5.69 Å². The summed E-state index contributed by atoms with van der Waals surface area (Å²) in [5.41, 5.74) is 5.24. The number of hydrogen-bond donors (Lipinski definition) is 2. The Bertz CT molecular complexity index is 825. The third-order valence-corrected chi connectivity index (χ3v) is 3.80. The number of nitro groups is 1. The first-order valence-corrected chi connectivity index (χ1v) is 7.89. The fourth-order valence-corrected chi connectivity index (χ4v) is 2.38. The zero-order chi connectivity index (χ0) is 18.4. The smallest absolute Gasteiger partial charge is 0.311 e. The summed E-state index contributed by atoms with van der Waals surface area (Å²) in [7, 11) is 0. The molecule has 2 rings (SSSR count). The molecule has 0 bridgehead atoms. The molecule has 0 radical (unpaired) electrons. The van der Waals surface area contributed by atoms with Gasteiger partial charge in [0.25, 0.3) is 11.8 Å². The number of aryl methyl sites for hydroxylation is 1. The summed E-state index contributed by atoms with van der Waals surface area (Å²) < 4.78 is 5.74. The first-order chi connectivity index (χ1) is 11.9. The van der Waals surface area contributed by atoms with Crippen molar-refractivity contribution in [3.05, 3.63) is 68.2 Å². The number of nitro benzene ring substituents is 1. The van der Waals surface area contributed by atoms with Crippen molar-refractivity contribution >= 4 is 33.4 Å². The number of hydrogen-bond acceptors (Lipinski definition) is 5. The average Bonchev–Trinajstić information content (AvgIpc) is 2.58. The minimum absolute atomic E-state index is 0.0251. The van der Waals surface area contributed by atoms with Crippen molar-refractivity contribution in [2.45, 2.75) is 6.92 Å². The van der Waals surface area contributed by atoms with E-state index in [0.29, 0.717) is 15.6 Å². The second-order valence-electron chi connectivity index (χ2n) is 5.00. The van der Waals surface area contributed by atoms with Gasteiger partial charge in [-0.25, -0.2) is 0 Å². The van der Waals surface area contributed by atoms with Crippen LogP contribution in [0.5, 0.6) is 5.75 Å². The highest BCUT2D eigenvalue weighted by atomic mass is 79.9. The van der Waals surface area contributed by atoms with Gasteiger partial charge in [-0.1, -0.05) is 18.2 Å². The Hall–Kier alpha value is -2.94. The quantitative estimate of drug-likeness (QED) is 0.584. The van der Waals surface area contributed by atoms with Gasteiger partial charge in [0.15, 0.2) is 12.4 Å². The van der Waals surface area contributed by atoms with E-state index in [9.17, 15) is 19.7 Å². The van der Waals surface area contributed by atoms with Gasteiger partial charge < -0.3 is 4.74 Å². The van der Waals surface area contributed by atoms with Crippen LogP contribution in [0.15, 0.2) is 46.9 Å².